The molecule has 0 N–H and O–H groups in total. The fourth-order valence-electron chi connectivity index (χ4n) is 1.97. The average Bonchev–Trinajstić information content (AvgIpc) is 2.39. The van der Waals surface area contributed by atoms with Gasteiger partial charge < -0.3 is 9.47 Å². The van der Waals surface area contributed by atoms with E-state index in [1.807, 2.05) is 0 Å². The van der Waals surface area contributed by atoms with Crippen LogP contribution in [0.4, 0.5) is 4.39 Å². The number of aromatic nitrogens is 2. The molecule has 1 heterocycles. The van der Waals surface area contributed by atoms with E-state index in [1.54, 1.807) is 14.2 Å². The SMILES string of the molecule is COCC(COC)n1ncc2cc(F)ccc2c1=O. The first-order chi connectivity index (χ1) is 9.17. The van der Waals surface area contributed by atoms with Gasteiger partial charge >= 0.3 is 0 Å². The molecule has 102 valence electrons. The fraction of sp³-hybridized carbons (Fsp3) is 0.385. The Morgan fingerprint density at radius 3 is 2.63 bits per heavy atom. The first-order valence-electron chi connectivity index (χ1n) is 5.82. The van der Waals surface area contributed by atoms with Crippen LogP contribution in [0.2, 0.25) is 0 Å². The molecule has 5 nitrogen and oxygen atoms in total. The Balaban J connectivity index is 2.52. The van der Waals surface area contributed by atoms with Crippen LogP contribution in [0.1, 0.15) is 6.04 Å². The zero-order valence-corrected chi connectivity index (χ0v) is 10.8. The van der Waals surface area contributed by atoms with Crippen molar-refractivity contribution in [2.75, 3.05) is 27.4 Å². The maximum Gasteiger partial charge on any atom is 0.275 e. The summed E-state index contributed by atoms with van der Waals surface area (Å²) in [5, 5.41) is 4.97. The molecule has 2 rings (SSSR count). The minimum atomic E-state index is -0.392. The van der Waals surface area contributed by atoms with E-state index in [0.29, 0.717) is 24.0 Å². The number of hydrogen-bond acceptors (Lipinski definition) is 4. The van der Waals surface area contributed by atoms with E-state index in [-0.39, 0.29) is 11.6 Å². The van der Waals surface area contributed by atoms with E-state index in [1.165, 1.54) is 29.1 Å². The lowest BCUT2D eigenvalue weighted by atomic mass is 10.2. The number of halogens is 1. The predicted molar refractivity (Wildman–Crippen MR) is 68.8 cm³/mol. The Morgan fingerprint density at radius 1 is 1.32 bits per heavy atom. The third kappa shape index (κ3) is 2.80. The van der Waals surface area contributed by atoms with Crippen LogP contribution in [0.15, 0.2) is 29.2 Å². The summed E-state index contributed by atoms with van der Waals surface area (Å²) in [6, 6.07) is 3.70. The molecule has 19 heavy (non-hydrogen) atoms. The molecule has 0 radical (unpaired) electrons. The standard InChI is InChI=1S/C13H15FN2O3/c1-18-7-11(8-19-2)16-13(17)12-4-3-10(14)5-9(12)6-15-16/h3-6,11H,7-8H2,1-2H3. The van der Waals surface area contributed by atoms with Crippen molar-refractivity contribution in [2.45, 2.75) is 6.04 Å². The molecule has 6 heteroatoms. The van der Waals surface area contributed by atoms with Crippen LogP contribution in [0, 0.1) is 5.82 Å². The molecule has 0 saturated heterocycles. The minimum absolute atomic E-state index is 0.281. The van der Waals surface area contributed by atoms with Gasteiger partial charge in [-0.3, -0.25) is 4.79 Å². The number of hydrogen-bond donors (Lipinski definition) is 0. The lowest BCUT2D eigenvalue weighted by molar-refractivity contribution is 0.0818. The molecule has 0 aliphatic heterocycles. The molecular weight excluding hydrogens is 251 g/mol. The third-order valence-electron chi connectivity index (χ3n) is 2.84. The van der Waals surface area contributed by atoms with Gasteiger partial charge in [-0.05, 0) is 18.2 Å². The number of ether oxygens (including phenoxy) is 2. The molecule has 1 aromatic carbocycles. The Hall–Kier alpha value is -1.79. The highest BCUT2D eigenvalue weighted by Crippen LogP contribution is 2.12. The zero-order valence-electron chi connectivity index (χ0n) is 10.8. The topological polar surface area (TPSA) is 53.4 Å². The second-order valence-electron chi connectivity index (χ2n) is 4.19. The summed E-state index contributed by atoms with van der Waals surface area (Å²) in [6.45, 7) is 0.626. The summed E-state index contributed by atoms with van der Waals surface area (Å²) in [4.78, 5) is 12.3. The molecule has 0 unspecified atom stereocenters. The lowest BCUT2D eigenvalue weighted by Crippen LogP contribution is -2.32. The van der Waals surface area contributed by atoms with Crippen LogP contribution in [0.25, 0.3) is 10.8 Å². The van der Waals surface area contributed by atoms with Crippen molar-refractivity contribution in [1.29, 1.82) is 0 Å². The highest BCUT2D eigenvalue weighted by molar-refractivity contribution is 5.80. The van der Waals surface area contributed by atoms with Crippen molar-refractivity contribution in [3.8, 4) is 0 Å². The summed E-state index contributed by atoms with van der Waals surface area (Å²) < 4.78 is 24.5. The Kier molecular flexibility index (Phi) is 4.24. The van der Waals surface area contributed by atoms with Crippen molar-refractivity contribution >= 4 is 10.8 Å². The van der Waals surface area contributed by atoms with Crippen molar-refractivity contribution in [2.24, 2.45) is 0 Å². The average molecular weight is 266 g/mol. The van der Waals surface area contributed by atoms with E-state index in [4.69, 9.17) is 9.47 Å². The van der Waals surface area contributed by atoms with Crippen molar-refractivity contribution in [1.82, 2.24) is 9.78 Å². The van der Waals surface area contributed by atoms with Crippen LogP contribution in [-0.2, 0) is 9.47 Å². The smallest absolute Gasteiger partial charge is 0.275 e. The van der Waals surface area contributed by atoms with Crippen molar-refractivity contribution in [3.05, 3.63) is 40.6 Å². The van der Waals surface area contributed by atoms with E-state index in [9.17, 15) is 9.18 Å². The maximum absolute atomic E-state index is 13.1. The number of rotatable bonds is 5. The number of nitrogens with zero attached hydrogens (tertiary/aromatic N) is 2. The third-order valence-corrected chi connectivity index (χ3v) is 2.84. The van der Waals surface area contributed by atoms with Gasteiger partial charge in [-0.15, -0.1) is 0 Å². The van der Waals surface area contributed by atoms with Gasteiger partial charge in [0, 0.05) is 19.6 Å². The first-order valence-corrected chi connectivity index (χ1v) is 5.82. The highest BCUT2D eigenvalue weighted by Gasteiger charge is 2.15. The predicted octanol–water partition coefficient (Wildman–Crippen LogP) is 1.37. The summed E-state index contributed by atoms with van der Waals surface area (Å²) >= 11 is 0. The molecule has 0 atom stereocenters. The van der Waals surface area contributed by atoms with Crippen LogP contribution in [0.5, 0.6) is 0 Å². The zero-order chi connectivity index (χ0) is 13.8. The molecule has 0 bridgehead atoms. The highest BCUT2D eigenvalue weighted by atomic mass is 19.1. The van der Waals surface area contributed by atoms with Gasteiger partial charge in [0.2, 0.25) is 0 Å². The van der Waals surface area contributed by atoms with Gasteiger partial charge in [-0.2, -0.15) is 5.10 Å². The number of methoxy groups -OCH3 is 2. The van der Waals surface area contributed by atoms with Crippen molar-refractivity contribution < 1.29 is 13.9 Å². The molecule has 0 aliphatic rings. The minimum Gasteiger partial charge on any atom is -0.382 e. The van der Waals surface area contributed by atoms with Crippen LogP contribution >= 0.6 is 0 Å². The van der Waals surface area contributed by atoms with Crippen LogP contribution in [0.3, 0.4) is 0 Å². The number of fused-ring (bicyclic) bond motifs is 1. The van der Waals surface area contributed by atoms with E-state index < -0.39 is 5.82 Å². The summed E-state index contributed by atoms with van der Waals surface area (Å²) in [6.07, 6.45) is 1.47. The van der Waals surface area contributed by atoms with E-state index >= 15 is 0 Å². The normalized spacial score (nSPS) is 11.4. The quantitative estimate of drug-likeness (QED) is 0.820. The van der Waals surface area contributed by atoms with Gasteiger partial charge in [0.25, 0.3) is 5.56 Å². The fourth-order valence-corrected chi connectivity index (χ4v) is 1.97. The van der Waals surface area contributed by atoms with E-state index in [0.717, 1.165) is 0 Å². The summed E-state index contributed by atoms with van der Waals surface area (Å²) in [5.41, 5.74) is -0.281. The largest absolute Gasteiger partial charge is 0.382 e. The number of benzene rings is 1. The second-order valence-corrected chi connectivity index (χ2v) is 4.19. The van der Waals surface area contributed by atoms with E-state index in [2.05, 4.69) is 5.10 Å². The Morgan fingerprint density at radius 2 is 2.00 bits per heavy atom. The molecule has 0 amide bonds. The monoisotopic (exact) mass is 266 g/mol. The van der Waals surface area contributed by atoms with Gasteiger partial charge in [0.05, 0.1) is 24.8 Å². The van der Waals surface area contributed by atoms with Crippen molar-refractivity contribution in [3.63, 3.8) is 0 Å². The molecule has 2 aromatic rings. The first kappa shape index (κ1) is 13.6. The molecule has 0 saturated carbocycles. The molecular formula is C13H15FN2O3. The van der Waals surface area contributed by atoms with Gasteiger partial charge in [-0.1, -0.05) is 0 Å². The molecule has 0 aliphatic carbocycles. The lowest BCUT2D eigenvalue weighted by Gasteiger charge is -2.17. The van der Waals surface area contributed by atoms with Crippen LogP contribution in [-0.4, -0.2) is 37.2 Å². The molecule has 0 spiro atoms. The van der Waals surface area contributed by atoms with Gasteiger partial charge in [0.1, 0.15) is 11.9 Å². The second kappa shape index (κ2) is 5.90. The molecule has 0 fully saturated rings. The van der Waals surface area contributed by atoms with Gasteiger partial charge in [0.15, 0.2) is 0 Å². The molecule has 1 aromatic heterocycles. The Bertz CT molecular complexity index is 621. The van der Waals surface area contributed by atoms with Crippen LogP contribution < -0.4 is 5.56 Å². The Labute approximate surface area is 109 Å². The van der Waals surface area contributed by atoms with Gasteiger partial charge in [-0.25, -0.2) is 9.07 Å². The summed E-state index contributed by atoms with van der Waals surface area (Å²) in [7, 11) is 3.09. The maximum atomic E-state index is 13.1. The summed E-state index contributed by atoms with van der Waals surface area (Å²) in [5.74, 6) is -0.392.